The maximum atomic E-state index is 12.2. The summed E-state index contributed by atoms with van der Waals surface area (Å²) in [6.45, 7) is 1.70. The predicted molar refractivity (Wildman–Crippen MR) is 66.4 cm³/mol. The predicted octanol–water partition coefficient (Wildman–Crippen LogP) is -1.21. The van der Waals surface area contributed by atoms with Crippen LogP contribution in [0.3, 0.4) is 0 Å². The summed E-state index contributed by atoms with van der Waals surface area (Å²) in [7, 11) is 0. The number of carboxylic acids is 1. The SMILES string of the molecule is O=C(O)CC1CCN(C(=O)C2CNC(=O)CN2)CC1. The molecule has 0 aromatic heterocycles. The molecule has 0 bridgehead atoms. The van der Waals surface area contributed by atoms with Crippen molar-refractivity contribution in [1.29, 1.82) is 0 Å². The van der Waals surface area contributed by atoms with Crippen LogP contribution in [0.25, 0.3) is 0 Å². The number of carbonyl (C=O) groups is 3. The second kappa shape index (κ2) is 6.01. The number of carboxylic acid groups (broad SMARTS) is 1. The number of piperazine rings is 1. The van der Waals surface area contributed by atoms with Gasteiger partial charge < -0.3 is 15.3 Å². The van der Waals surface area contributed by atoms with Gasteiger partial charge in [-0.05, 0) is 18.8 Å². The third-order valence-corrected chi connectivity index (χ3v) is 3.70. The zero-order valence-corrected chi connectivity index (χ0v) is 10.7. The Balaban J connectivity index is 1.79. The van der Waals surface area contributed by atoms with Crippen molar-refractivity contribution >= 4 is 17.8 Å². The second-order valence-corrected chi connectivity index (χ2v) is 5.10. The third-order valence-electron chi connectivity index (χ3n) is 3.70. The zero-order chi connectivity index (χ0) is 13.8. The summed E-state index contributed by atoms with van der Waals surface area (Å²) in [4.78, 5) is 35.6. The van der Waals surface area contributed by atoms with E-state index in [2.05, 4.69) is 10.6 Å². The molecule has 2 rings (SSSR count). The van der Waals surface area contributed by atoms with Gasteiger partial charge in [0.2, 0.25) is 11.8 Å². The third kappa shape index (κ3) is 3.66. The number of aliphatic carboxylic acids is 1. The maximum absolute atomic E-state index is 12.2. The normalized spacial score (nSPS) is 24.9. The molecule has 7 heteroatoms. The molecule has 2 amide bonds. The van der Waals surface area contributed by atoms with Crippen LogP contribution in [0.2, 0.25) is 0 Å². The molecule has 3 N–H and O–H groups in total. The Hall–Kier alpha value is -1.63. The standard InChI is InChI=1S/C12H19N3O4/c16-10-7-13-9(6-14-10)12(19)15-3-1-8(2-4-15)5-11(17)18/h8-9,13H,1-7H2,(H,14,16)(H,17,18). The number of likely N-dealkylation sites (tertiary alicyclic amines) is 1. The van der Waals surface area contributed by atoms with Gasteiger partial charge in [0, 0.05) is 26.1 Å². The van der Waals surface area contributed by atoms with Crippen molar-refractivity contribution in [3.63, 3.8) is 0 Å². The van der Waals surface area contributed by atoms with Gasteiger partial charge in [0.05, 0.1) is 6.54 Å². The fourth-order valence-electron chi connectivity index (χ4n) is 2.57. The van der Waals surface area contributed by atoms with E-state index < -0.39 is 5.97 Å². The quantitative estimate of drug-likeness (QED) is 0.597. The van der Waals surface area contributed by atoms with Crippen LogP contribution in [0.5, 0.6) is 0 Å². The average molecular weight is 269 g/mol. The van der Waals surface area contributed by atoms with Crippen molar-refractivity contribution in [2.75, 3.05) is 26.2 Å². The number of amides is 2. The minimum Gasteiger partial charge on any atom is -0.481 e. The highest BCUT2D eigenvalue weighted by Gasteiger charge is 2.30. The number of rotatable bonds is 3. The Morgan fingerprint density at radius 3 is 2.53 bits per heavy atom. The van der Waals surface area contributed by atoms with Gasteiger partial charge >= 0.3 is 5.97 Å². The maximum Gasteiger partial charge on any atom is 0.303 e. The van der Waals surface area contributed by atoms with E-state index in [1.54, 1.807) is 4.90 Å². The molecule has 2 fully saturated rings. The summed E-state index contributed by atoms with van der Waals surface area (Å²) in [5.41, 5.74) is 0. The zero-order valence-electron chi connectivity index (χ0n) is 10.7. The molecule has 2 saturated heterocycles. The fraction of sp³-hybridized carbons (Fsp3) is 0.750. The molecule has 1 atom stereocenters. The van der Waals surface area contributed by atoms with Gasteiger partial charge in [-0.1, -0.05) is 0 Å². The Kier molecular flexibility index (Phi) is 4.36. The molecule has 106 valence electrons. The molecule has 0 aromatic carbocycles. The van der Waals surface area contributed by atoms with E-state index in [1.807, 2.05) is 0 Å². The van der Waals surface area contributed by atoms with Crippen molar-refractivity contribution < 1.29 is 19.5 Å². The van der Waals surface area contributed by atoms with Gasteiger partial charge in [-0.3, -0.25) is 19.7 Å². The van der Waals surface area contributed by atoms with Crippen LogP contribution in [-0.2, 0) is 14.4 Å². The summed E-state index contributed by atoms with van der Waals surface area (Å²) < 4.78 is 0. The summed E-state index contributed by atoms with van der Waals surface area (Å²) in [6, 6.07) is -0.353. The topological polar surface area (TPSA) is 98.7 Å². The monoisotopic (exact) mass is 269 g/mol. The first kappa shape index (κ1) is 13.8. The van der Waals surface area contributed by atoms with E-state index in [-0.39, 0.29) is 36.7 Å². The van der Waals surface area contributed by atoms with Gasteiger partial charge in [0.15, 0.2) is 0 Å². The molecule has 0 saturated carbocycles. The van der Waals surface area contributed by atoms with Gasteiger partial charge in [0.1, 0.15) is 6.04 Å². The molecule has 2 heterocycles. The van der Waals surface area contributed by atoms with E-state index in [9.17, 15) is 14.4 Å². The van der Waals surface area contributed by atoms with Crippen molar-refractivity contribution in [2.45, 2.75) is 25.3 Å². The first-order valence-corrected chi connectivity index (χ1v) is 6.57. The van der Waals surface area contributed by atoms with E-state index in [0.717, 1.165) is 12.8 Å². The van der Waals surface area contributed by atoms with Gasteiger partial charge in [0.25, 0.3) is 0 Å². The highest BCUT2D eigenvalue weighted by atomic mass is 16.4. The molecule has 19 heavy (non-hydrogen) atoms. The summed E-state index contributed by atoms with van der Waals surface area (Å²) >= 11 is 0. The van der Waals surface area contributed by atoms with Crippen LogP contribution >= 0.6 is 0 Å². The van der Waals surface area contributed by atoms with E-state index in [4.69, 9.17) is 5.11 Å². The molecular formula is C12H19N3O4. The van der Waals surface area contributed by atoms with E-state index >= 15 is 0 Å². The lowest BCUT2D eigenvalue weighted by Crippen LogP contribution is -2.59. The van der Waals surface area contributed by atoms with Crippen LogP contribution in [0.4, 0.5) is 0 Å². The first-order valence-electron chi connectivity index (χ1n) is 6.57. The molecule has 0 radical (unpaired) electrons. The van der Waals surface area contributed by atoms with Crippen molar-refractivity contribution in [2.24, 2.45) is 5.92 Å². The lowest BCUT2D eigenvalue weighted by molar-refractivity contribution is -0.139. The number of carbonyl (C=O) groups excluding carboxylic acids is 2. The van der Waals surface area contributed by atoms with Gasteiger partial charge in [-0.15, -0.1) is 0 Å². The molecule has 7 nitrogen and oxygen atoms in total. The molecule has 2 aliphatic rings. The van der Waals surface area contributed by atoms with E-state index in [0.29, 0.717) is 19.6 Å². The van der Waals surface area contributed by atoms with E-state index in [1.165, 1.54) is 0 Å². The number of hydrogen-bond donors (Lipinski definition) is 3. The lowest BCUT2D eigenvalue weighted by Gasteiger charge is -2.35. The summed E-state index contributed by atoms with van der Waals surface area (Å²) in [5, 5.41) is 14.3. The van der Waals surface area contributed by atoms with Crippen LogP contribution in [0.15, 0.2) is 0 Å². The molecule has 1 unspecified atom stereocenters. The Labute approximate surface area is 111 Å². The van der Waals surface area contributed by atoms with Crippen LogP contribution in [-0.4, -0.2) is 60.0 Å². The van der Waals surface area contributed by atoms with Crippen LogP contribution in [0, 0.1) is 5.92 Å². The van der Waals surface area contributed by atoms with Gasteiger partial charge in [-0.2, -0.15) is 0 Å². The Bertz CT molecular complexity index is 367. The average Bonchev–Trinajstić information content (AvgIpc) is 2.39. The largest absolute Gasteiger partial charge is 0.481 e. The first-order chi connectivity index (χ1) is 9.06. The van der Waals surface area contributed by atoms with Crippen molar-refractivity contribution in [3.8, 4) is 0 Å². The minimum atomic E-state index is -0.776. The fourth-order valence-corrected chi connectivity index (χ4v) is 2.57. The van der Waals surface area contributed by atoms with Crippen molar-refractivity contribution in [3.05, 3.63) is 0 Å². The molecule has 2 aliphatic heterocycles. The molecule has 0 aliphatic carbocycles. The number of nitrogens with zero attached hydrogens (tertiary/aromatic N) is 1. The minimum absolute atomic E-state index is 0.00576. The molecule has 0 aromatic rings. The lowest BCUT2D eigenvalue weighted by atomic mass is 9.93. The van der Waals surface area contributed by atoms with Crippen LogP contribution < -0.4 is 10.6 Å². The summed E-state index contributed by atoms with van der Waals surface area (Å²) in [5.74, 6) is -0.708. The number of piperidine rings is 1. The van der Waals surface area contributed by atoms with Gasteiger partial charge in [-0.25, -0.2) is 0 Å². The molecular weight excluding hydrogens is 250 g/mol. The Morgan fingerprint density at radius 1 is 1.32 bits per heavy atom. The smallest absolute Gasteiger partial charge is 0.303 e. The Morgan fingerprint density at radius 2 is 2.00 bits per heavy atom. The molecule has 0 spiro atoms. The highest BCUT2D eigenvalue weighted by Crippen LogP contribution is 2.20. The second-order valence-electron chi connectivity index (χ2n) is 5.10. The summed E-state index contributed by atoms with van der Waals surface area (Å²) in [6.07, 6.45) is 1.65. The number of hydrogen-bond acceptors (Lipinski definition) is 4. The highest BCUT2D eigenvalue weighted by molar-refractivity contribution is 5.86. The van der Waals surface area contributed by atoms with Crippen LogP contribution in [0.1, 0.15) is 19.3 Å². The number of nitrogens with one attached hydrogen (secondary N) is 2. The van der Waals surface area contributed by atoms with Crippen molar-refractivity contribution in [1.82, 2.24) is 15.5 Å².